The van der Waals surface area contributed by atoms with E-state index in [4.69, 9.17) is 0 Å². The molecule has 2 aromatic heterocycles. The fraction of sp³-hybridized carbons (Fsp3) is 0.444. The Labute approximate surface area is 199 Å². The molecule has 0 saturated heterocycles. The van der Waals surface area contributed by atoms with Gasteiger partial charge in [-0.25, -0.2) is 0 Å². The summed E-state index contributed by atoms with van der Waals surface area (Å²) in [5.41, 5.74) is 1.18. The minimum atomic E-state index is -0.529. The van der Waals surface area contributed by atoms with E-state index < -0.39 is 22.8 Å². The lowest BCUT2D eigenvalue weighted by Crippen LogP contribution is -2.43. The minimum Gasteiger partial charge on any atom is -0.361 e. The summed E-state index contributed by atoms with van der Waals surface area (Å²) in [6, 6.07) is 8.21. The first kappa shape index (κ1) is 23.8. The highest BCUT2D eigenvalue weighted by molar-refractivity contribution is 5.99. The van der Waals surface area contributed by atoms with E-state index in [9.17, 15) is 14.4 Å². The van der Waals surface area contributed by atoms with Crippen molar-refractivity contribution in [2.24, 2.45) is 0 Å². The summed E-state index contributed by atoms with van der Waals surface area (Å²) in [4.78, 5) is 42.5. The molecule has 34 heavy (non-hydrogen) atoms. The largest absolute Gasteiger partial charge is 0.361 e. The lowest BCUT2D eigenvalue weighted by Gasteiger charge is -2.26. The van der Waals surface area contributed by atoms with Gasteiger partial charge in [-0.1, -0.05) is 37.5 Å². The van der Waals surface area contributed by atoms with Gasteiger partial charge in [-0.05, 0) is 51.7 Å². The smallest absolute Gasteiger partial charge is 0.257 e. The van der Waals surface area contributed by atoms with Gasteiger partial charge in [0.2, 0.25) is 5.43 Å². The zero-order valence-corrected chi connectivity index (χ0v) is 20.2. The summed E-state index contributed by atoms with van der Waals surface area (Å²) in [5, 5.41) is 6.88. The molecule has 0 atom stereocenters. The van der Waals surface area contributed by atoms with E-state index in [1.165, 1.54) is 6.42 Å². The molecule has 1 aliphatic rings. The highest BCUT2D eigenvalue weighted by Crippen LogP contribution is 2.28. The Morgan fingerprint density at radius 1 is 1.03 bits per heavy atom. The molecular formula is C27H34N4O3. The normalized spacial score (nSPS) is 14.8. The number of rotatable bonds is 6. The molecule has 1 aromatic carbocycles. The van der Waals surface area contributed by atoms with Gasteiger partial charge >= 0.3 is 0 Å². The number of fused-ring (bicyclic) bond motifs is 1. The van der Waals surface area contributed by atoms with Crippen LogP contribution in [-0.2, 0) is 6.42 Å². The fourth-order valence-electron chi connectivity index (χ4n) is 4.66. The molecule has 3 N–H and O–H groups in total. The Morgan fingerprint density at radius 3 is 2.41 bits per heavy atom. The molecule has 1 saturated carbocycles. The molecule has 0 radical (unpaired) electrons. The summed E-state index contributed by atoms with van der Waals surface area (Å²) in [5.74, 6) is -0.893. The van der Waals surface area contributed by atoms with Crippen LogP contribution in [0.5, 0.6) is 0 Å². The first-order valence-electron chi connectivity index (χ1n) is 12.1. The second kappa shape index (κ2) is 9.87. The maximum absolute atomic E-state index is 13.2. The van der Waals surface area contributed by atoms with E-state index in [0.717, 1.165) is 42.1 Å². The van der Waals surface area contributed by atoms with Crippen molar-refractivity contribution >= 4 is 22.7 Å². The maximum Gasteiger partial charge on any atom is 0.257 e. The second-order valence-electron chi connectivity index (χ2n) is 10.2. The molecule has 0 bridgehead atoms. The van der Waals surface area contributed by atoms with Crippen molar-refractivity contribution in [3.63, 3.8) is 0 Å². The number of nitrogens with zero attached hydrogens (tertiary/aromatic N) is 1. The quantitative estimate of drug-likeness (QED) is 0.509. The van der Waals surface area contributed by atoms with E-state index in [1.54, 1.807) is 12.4 Å². The maximum atomic E-state index is 13.2. The molecule has 7 nitrogen and oxygen atoms in total. The van der Waals surface area contributed by atoms with Gasteiger partial charge in [-0.3, -0.25) is 14.4 Å². The highest BCUT2D eigenvalue weighted by atomic mass is 16.2. The first-order chi connectivity index (χ1) is 16.2. The molecule has 1 aliphatic carbocycles. The topological polar surface area (TPSA) is 96.0 Å². The van der Waals surface area contributed by atoms with Crippen LogP contribution >= 0.6 is 0 Å². The van der Waals surface area contributed by atoms with Gasteiger partial charge in [0, 0.05) is 47.6 Å². The molecule has 0 aliphatic heterocycles. The molecule has 2 heterocycles. The molecule has 1 fully saturated rings. The van der Waals surface area contributed by atoms with Crippen LogP contribution in [0, 0.1) is 0 Å². The second-order valence-corrected chi connectivity index (χ2v) is 10.2. The van der Waals surface area contributed by atoms with Gasteiger partial charge in [0.15, 0.2) is 0 Å². The number of aromatic nitrogens is 2. The average molecular weight is 463 g/mol. The van der Waals surface area contributed by atoms with E-state index in [0.29, 0.717) is 13.0 Å². The number of carbonyl (C=O) groups excluding carboxylic acids is 2. The van der Waals surface area contributed by atoms with Gasteiger partial charge in [-0.15, -0.1) is 0 Å². The van der Waals surface area contributed by atoms with Gasteiger partial charge < -0.3 is 20.2 Å². The predicted molar refractivity (Wildman–Crippen MR) is 134 cm³/mol. The molecule has 0 spiro atoms. The Hall–Kier alpha value is -3.35. The van der Waals surface area contributed by atoms with Crippen molar-refractivity contribution in [2.45, 2.75) is 70.9 Å². The molecule has 0 unspecified atom stereocenters. The molecule has 2 amide bonds. The summed E-state index contributed by atoms with van der Waals surface area (Å²) in [7, 11) is 0. The number of nitrogens with one attached hydrogen (secondary N) is 3. The number of carbonyl (C=O) groups is 2. The van der Waals surface area contributed by atoms with Crippen LogP contribution in [0.4, 0.5) is 0 Å². The monoisotopic (exact) mass is 462 g/mol. The van der Waals surface area contributed by atoms with Crippen molar-refractivity contribution in [1.82, 2.24) is 20.2 Å². The molecule has 3 aromatic rings. The van der Waals surface area contributed by atoms with Crippen molar-refractivity contribution in [3.05, 3.63) is 69.8 Å². The van der Waals surface area contributed by atoms with Gasteiger partial charge in [0.05, 0.1) is 0 Å². The van der Waals surface area contributed by atoms with E-state index in [2.05, 4.69) is 15.6 Å². The zero-order valence-electron chi connectivity index (χ0n) is 20.2. The van der Waals surface area contributed by atoms with Crippen molar-refractivity contribution < 1.29 is 9.59 Å². The third-order valence-electron chi connectivity index (χ3n) is 6.37. The van der Waals surface area contributed by atoms with Crippen LogP contribution in [0.25, 0.3) is 10.9 Å². The summed E-state index contributed by atoms with van der Waals surface area (Å²) >= 11 is 0. The van der Waals surface area contributed by atoms with Crippen molar-refractivity contribution in [1.29, 1.82) is 0 Å². The number of H-pyrrole nitrogens is 1. The first-order valence-corrected chi connectivity index (χ1v) is 12.1. The van der Waals surface area contributed by atoms with Crippen LogP contribution in [0.1, 0.15) is 85.2 Å². The fourth-order valence-corrected chi connectivity index (χ4v) is 4.66. The van der Waals surface area contributed by atoms with Crippen LogP contribution in [-0.4, -0.2) is 33.4 Å². The summed E-state index contributed by atoms with van der Waals surface area (Å²) < 4.78 is 1.91. The molecule has 180 valence electrons. The van der Waals surface area contributed by atoms with Crippen LogP contribution in [0.2, 0.25) is 0 Å². The van der Waals surface area contributed by atoms with Gasteiger partial charge in [0.1, 0.15) is 11.1 Å². The lowest BCUT2D eigenvalue weighted by molar-refractivity contribution is 0.0917. The van der Waals surface area contributed by atoms with Crippen LogP contribution < -0.4 is 16.1 Å². The SMILES string of the molecule is CC(C)(C)NC(=O)c1cn(C2CCCCC2)cc(C(=O)NCCc2c[nH]c3ccccc23)c1=O. The number of pyridine rings is 1. The summed E-state index contributed by atoms with van der Waals surface area (Å²) in [6.45, 7) is 5.99. The Kier molecular flexibility index (Phi) is 6.91. The predicted octanol–water partition coefficient (Wildman–Crippen LogP) is 4.34. The number of hydrogen-bond acceptors (Lipinski definition) is 3. The van der Waals surface area contributed by atoms with Crippen molar-refractivity contribution in [3.8, 4) is 0 Å². The average Bonchev–Trinajstić information content (AvgIpc) is 3.21. The van der Waals surface area contributed by atoms with Crippen molar-refractivity contribution in [2.75, 3.05) is 6.54 Å². The standard InChI is InChI=1S/C27H34N4O3/c1-27(2,3)30-26(34)22-17-31(19-9-5-4-6-10-19)16-21(24(22)32)25(33)28-14-13-18-15-29-23-12-8-7-11-20(18)23/h7-8,11-12,15-17,19,29H,4-6,9-10,13-14H2,1-3H3,(H,28,33)(H,30,34). The lowest BCUT2D eigenvalue weighted by atomic mass is 9.95. The number of benzene rings is 1. The van der Waals surface area contributed by atoms with Gasteiger partial charge in [-0.2, -0.15) is 0 Å². The van der Waals surface area contributed by atoms with Crippen LogP contribution in [0.15, 0.2) is 47.7 Å². The third-order valence-corrected chi connectivity index (χ3v) is 6.37. The van der Waals surface area contributed by atoms with Crippen LogP contribution in [0.3, 0.4) is 0 Å². The minimum absolute atomic E-state index is 0.0183. The number of amides is 2. The number of para-hydroxylation sites is 1. The summed E-state index contributed by atoms with van der Waals surface area (Å²) in [6.07, 6.45) is 11.2. The Bertz CT molecular complexity index is 1240. The highest BCUT2D eigenvalue weighted by Gasteiger charge is 2.24. The molecule has 4 rings (SSSR count). The van der Waals surface area contributed by atoms with E-state index in [-0.39, 0.29) is 17.2 Å². The van der Waals surface area contributed by atoms with Gasteiger partial charge in [0.25, 0.3) is 11.8 Å². The van der Waals surface area contributed by atoms with E-state index >= 15 is 0 Å². The molecular weight excluding hydrogens is 428 g/mol. The molecule has 7 heteroatoms. The Balaban J connectivity index is 1.57. The van der Waals surface area contributed by atoms with E-state index in [1.807, 2.05) is 55.8 Å². The number of aromatic amines is 1. The number of hydrogen-bond donors (Lipinski definition) is 3. The zero-order chi connectivity index (χ0) is 24.3. The Morgan fingerprint density at radius 2 is 1.71 bits per heavy atom. The third kappa shape index (κ3) is 5.41.